The van der Waals surface area contributed by atoms with E-state index in [9.17, 15) is 13.2 Å². The molecule has 12 heteroatoms. The first-order valence-electron chi connectivity index (χ1n) is 12.3. The minimum atomic E-state index is -4.68. The number of alkyl halides is 3. The zero-order chi connectivity index (χ0) is 26.6. The molecule has 4 heterocycles. The minimum Gasteiger partial charge on any atom is -0.480 e. The fourth-order valence-electron chi connectivity index (χ4n) is 4.80. The van der Waals surface area contributed by atoms with Crippen LogP contribution < -0.4 is 4.74 Å². The average molecular weight is 529 g/mol. The Bertz CT molecular complexity index is 1520. The molecule has 0 N–H and O–H groups in total. The molecular weight excluding hydrogens is 504 g/mol. The molecule has 0 amide bonds. The monoisotopic (exact) mass is 528 g/mol. The van der Waals surface area contributed by atoms with Crippen LogP contribution in [0.3, 0.4) is 0 Å². The van der Waals surface area contributed by atoms with E-state index in [1.54, 1.807) is 6.92 Å². The number of ether oxygens (including phenoxy) is 2. The van der Waals surface area contributed by atoms with E-state index < -0.39 is 17.6 Å². The van der Waals surface area contributed by atoms with Gasteiger partial charge in [-0.05, 0) is 50.8 Å². The summed E-state index contributed by atoms with van der Waals surface area (Å²) in [5.41, 5.74) is 0.651. The lowest BCUT2D eigenvalue weighted by Crippen LogP contribution is -2.20. The number of benzene rings is 1. The Morgan fingerprint density at radius 3 is 2.61 bits per heavy atom. The van der Waals surface area contributed by atoms with E-state index >= 15 is 4.39 Å². The van der Waals surface area contributed by atoms with Gasteiger partial charge in [-0.1, -0.05) is 0 Å². The van der Waals surface area contributed by atoms with Gasteiger partial charge in [0.15, 0.2) is 5.65 Å². The molecule has 198 valence electrons. The summed E-state index contributed by atoms with van der Waals surface area (Å²) < 4.78 is 67.9. The van der Waals surface area contributed by atoms with Crippen LogP contribution in [0, 0.1) is 12.7 Å². The van der Waals surface area contributed by atoms with Gasteiger partial charge in [-0.3, -0.25) is 4.68 Å². The highest BCUT2D eigenvalue weighted by Gasteiger charge is 2.33. The number of hydrogen-bond acceptors (Lipinski definition) is 7. The van der Waals surface area contributed by atoms with E-state index in [-0.39, 0.29) is 40.3 Å². The first-order chi connectivity index (χ1) is 18.2. The van der Waals surface area contributed by atoms with Crippen LogP contribution in [-0.4, -0.2) is 43.4 Å². The zero-order valence-electron chi connectivity index (χ0n) is 20.7. The van der Waals surface area contributed by atoms with Crippen LogP contribution in [0.25, 0.3) is 22.4 Å². The van der Waals surface area contributed by atoms with Gasteiger partial charge in [0, 0.05) is 29.8 Å². The number of methoxy groups -OCH3 is 1. The predicted molar refractivity (Wildman–Crippen MR) is 128 cm³/mol. The van der Waals surface area contributed by atoms with Crippen molar-refractivity contribution in [1.29, 1.82) is 0 Å². The van der Waals surface area contributed by atoms with E-state index in [0.29, 0.717) is 43.1 Å². The SMILES string of the molecule is COc1nc2c(-c3ccc(C(F)(F)F)cc3F)nc([C@H]3CCO[C@@H](c4cnn(C5CC5)c4)C3)nc2nc1C. The summed E-state index contributed by atoms with van der Waals surface area (Å²) in [7, 11) is 1.42. The van der Waals surface area contributed by atoms with Crippen molar-refractivity contribution in [2.45, 2.75) is 56.8 Å². The van der Waals surface area contributed by atoms with Crippen molar-refractivity contribution in [3.05, 3.63) is 59.1 Å². The van der Waals surface area contributed by atoms with Gasteiger partial charge in [-0.25, -0.2) is 24.3 Å². The topological polar surface area (TPSA) is 87.8 Å². The van der Waals surface area contributed by atoms with Crippen molar-refractivity contribution in [3.63, 3.8) is 0 Å². The van der Waals surface area contributed by atoms with Crippen LogP contribution in [0.15, 0.2) is 30.6 Å². The first kappa shape index (κ1) is 24.7. The number of nitrogens with zero attached hydrogens (tertiary/aromatic N) is 6. The zero-order valence-corrected chi connectivity index (χ0v) is 20.7. The molecule has 2 fully saturated rings. The second-order valence-corrected chi connectivity index (χ2v) is 9.68. The molecule has 6 rings (SSSR count). The Kier molecular flexibility index (Phi) is 6.01. The highest BCUT2D eigenvalue weighted by atomic mass is 19.4. The lowest BCUT2D eigenvalue weighted by Gasteiger charge is -2.28. The molecule has 1 saturated carbocycles. The molecule has 0 bridgehead atoms. The lowest BCUT2D eigenvalue weighted by atomic mass is 9.92. The molecule has 4 aromatic rings. The summed E-state index contributed by atoms with van der Waals surface area (Å²) >= 11 is 0. The molecule has 8 nitrogen and oxygen atoms in total. The molecule has 38 heavy (non-hydrogen) atoms. The normalized spacial score (nSPS) is 20.2. The molecule has 2 aliphatic rings. The van der Waals surface area contributed by atoms with Crippen molar-refractivity contribution in [2.24, 2.45) is 0 Å². The Morgan fingerprint density at radius 1 is 1.08 bits per heavy atom. The van der Waals surface area contributed by atoms with Gasteiger partial charge in [0.1, 0.15) is 28.5 Å². The van der Waals surface area contributed by atoms with Crippen molar-refractivity contribution in [3.8, 4) is 17.1 Å². The average Bonchev–Trinajstić information content (AvgIpc) is 3.63. The van der Waals surface area contributed by atoms with Crippen molar-refractivity contribution < 1.29 is 27.0 Å². The number of hydrogen-bond donors (Lipinski definition) is 0. The summed E-state index contributed by atoms with van der Waals surface area (Å²) in [6.07, 6.45) is 2.37. The highest BCUT2D eigenvalue weighted by molar-refractivity contribution is 5.87. The highest BCUT2D eigenvalue weighted by Crippen LogP contribution is 2.40. The summed E-state index contributed by atoms with van der Waals surface area (Å²) in [4.78, 5) is 18.2. The van der Waals surface area contributed by atoms with Crippen LogP contribution in [-0.2, 0) is 10.9 Å². The molecule has 2 atom stereocenters. The number of aryl methyl sites for hydroxylation is 1. The minimum absolute atomic E-state index is 0.0617. The Morgan fingerprint density at radius 2 is 1.89 bits per heavy atom. The van der Waals surface area contributed by atoms with Gasteiger partial charge in [0.25, 0.3) is 0 Å². The quantitative estimate of drug-likeness (QED) is 0.306. The van der Waals surface area contributed by atoms with Crippen molar-refractivity contribution >= 4 is 11.2 Å². The fourth-order valence-corrected chi connectivity index (χ4v) is 4.80. The number of aromatic nitrogens is 6. The lowest BCUT2D eigenvalue weighted by molar-refractivity contribution is -0.137. The molecule has 1 aliphatic heterocycles. The Labute approximate surface area is 215 Å². The summed E-state index contributed by atoms with van der Waals surface area (Å²) in [5, 5.41) is 4.46. The molecular formula is C26H24F4N6O2. The van der Waals surface area contributed by atoms with Gasteiger partial charge in [-0.2, -0.15) is 18.3 Å². The third-order valence-corrected chi connectivity index (χ3v) is 6.99. The number of fused-ring (bicyclic) bond motifs is 1. The Balaban J connectivity index is 1.42. The first-order valence-corrected chi connectivity index (χ1v) is 12.3. The maximum Gasteiger partial charge on any atom is 0.416 e. The van der Waals surface area contributed by atoms with Crippen LogP contribution in [0.4, 0.5) is 17.6 Å². The van der Waals surface area contributed by atoms with Gasteiger partial charge in [0.05, 0.1) is 31.0 Å². The maximum atomic E-state index is 15.1. The third kappa shape index (κ3) is 4.57. The Hall–Kier alpha value is -3.67. The van der Waals surface area contributed by atoms with E-state index in [0.717, 1.165) is 30.5 Å². The molecule has 0 spiro atoms. The summed E-state index contributed by atoms with van der Waals surface area (Å²) in [6, 6.07) is 2.81. The van der Waals surface area contributed by atoms with Gasteiger partial charge >= 0.3 is 6.18 Å². The van der Waals surface area contributed by atoms with E-state index in [4.69, 9.17) is 9.47 Å². The number of rotatable bonds is 5. The van der Waals surface area contributed by atoms with Crippen molar-refractivity contribution in [2.75, 3.05) is 13.7 Å². The smallest absolute Gasteiger partial charge is 0.416 e. The third-order valence-electron chi connectivity index (χ3n) is 6.99. The van der Waals surface area contributed by atoms with Crippen LogP contribution in [0.2, 0.25) is 0 Å². The standard InChI is InChI=1S/C26H24F4N6O2/c1-13-25(37-2)34-22-21(18-6-3-16(10-19(18)27)26(28,29)30)33-23(35-24(22)32-13)14-7-8-38-20(9-14)15-11-31-36(12-15)17-4-5-17/h3,6,10-12,14,17,20H,4-5,7-9H2,1-2H3/t14-,20+/m0/s1. The van der Waals surface area contributed by atoms with Crippen LogP contribution in [0.5, 0.6) is 5.88 Å². The van der Waals surface area contributed by atoms with Gasteiger partial charge in [-0.15, -0.1) is 0 Å². The maximum absolute atomic E-state index is 15.1. The van der Waals surface area contributed by atoms with E-state index in [2.05, 4.69) is 25.0 Å². The molecule has 3 aromatic heterocycles. The largest absolute Gasteiger partial charge is 0.480 e. The molecule has 1 aromatic carbocycles. The van der Waals surface area contributed by atoms with Crippen molar-refractivity contribution in [1.82, 2.24) is 29.7 Å². The van der Waals surface area contributed by atoms with Crippen LogP contribution >= 0.6 is 0 Å². The summed E-state index contributed by atoms with van der Waals surface area (Å²) in [6.45, 7) is 2.16. The molecule has 0 radical (unpaired) electrons. The second-order valence-electron chi connectivity index (χ2n) is 9.68. The van der Waals surface area contributed by atoms with E-state index in [1.165, 1.54) is 7.11 Å². The van der Waals surface area contributed by atoms with E-state index in [1.807, 2.05) is 17.1 Å². The fraction of sp³-hybridized carbons (Fsp3) is 0.423. The second kappa shape index (κ2) is 9.26. The predicted octanol–water partition coefficient (Wildman–Crippen LogP) is 5.73. The molecule has 0 unspecified atom stereocenters. The molecule has 1 aliphatic carbocycles. The summed E-state index contributed by atoms with van der Waals surface area (Å²) in [5.74, 6) is -0.609. The molecule has 1 saturated heterocycles. The van der Waals surface area contributed by atoms with Crippen LogP contribution in [0.1, 0.15) is 66.4 Å². The van der Waals surface area contributed by atoms with Gasteiger partial charge in [0.2, 0.25) is 5.88 Å². The number of halogens is 4. The van der Waals surface area contributed by atoms with Gasteiger partial charge < -0.3 is 9.47 Å².